The summed E-state index contributed by atoms with van der Waals surface area (Å²) in [6.45, 7) is 3.12. The molecular formula is C28H29F3N2O6S. The number of rotatable bonds is 8. The lowest BCUT2D eigenvalue weighted by Crippen LogP contribution is -2.24. The standard InChI is InChI=1S/C26H28N2O4S.C2HF3O2/c1-2-28(18-19-8-4-3-5-9-19)25-15-13-22(17-24(25)26(29)30)27-33(31,32)23-14-12-20-10-6-7-11-21(20)16-23;3-2(4,5)1(6)7/h3-5,8-9,12-17,27H,2,6-7,10-11,18H2,1H3,(H,29,30);(H,6,7). The normalized spacial score (nSPS) is 12.9. The predicted molar refractivity (Wildman–Crippen MR) is 144 cm³/mol. The number of alkyl halides is 3. The Labute approximate surface area is 230 Å². The number of aromatic carboxylic acids is 1. The molecule has 0 bridgehead atoms. The van der Waals surface area contributed by atoms with Gasteiger partial charge in [-0.2, -0.15) is 13.2 Å². The molecule has 0 unspecified atom stereocenters. The largest absolute Gasteiger partial charge is 0.490 e. The van der Waals surface area contributed by atoms with E-state index in [-0.39, 0.29) is 16.1 Å². The number of anilines is 2. The van der Waals surface area contributed by atoms with E-state index in [9.17, 15) is 31.5 Å². The van der Waals surface area contributed by atoms with Crippen LogP contribution in [-0.2, 0) is 34.2 Å². The average molecular weight is 579 g/mol. The number of aliphatic carboxylic acids is 1. The van der Waals surface area contributed by atoms with E-state index in [1.807, 2.05) is 48.2 Å². The van der Waals surface area contributed by atoms with Crippen molar-refractivity contribution in [3.63, 3.8) is 0 Å². The maximum absolute atomic E-state index is 13.0. The number of carboxylic acid groups (broad SMARTS) is 2. The van der Waals surface area contributed by atoms with Crippen molar-refractivity contribution in [2.45, 2.75) is 50.2 Å². The number of fused-ring (bicyclic) bond motifs is 1. The second kappa shape index (κ2) is 12.9. The molecule has 0 aliphatic heterocycles. The van der Waals surface area contributed by atoms with Crippen LogP contribution < -0.4 is 9.62 Å². The molecule has 12 heteroatoms. The number of hydrogen-bond acceptors (Lipinski definition) is 5. The molecule has 3 N–H and O–H groups in total. The van der Waals surface area contributed by atoms with Crippen molar-refractivity contribution in [2.24, 2.45) is 0 Å². The van der Waals surface area contributed by atoms with Crippen LogP contribution in [-0.4, -0.2) is 43.3 Å². The summed E-state index contributed by atoms with van der Waals surface area (Å²) in [7, 11) is -3.83. The van der Waals surface area contributed by atoms with E-state index >= 15 is 0 Å². The van der Waals surface area contributed by atoms with Gasteiger partial charge in [0.25, 0.3) is 10.0 Å². The Morgan fingerprint density at radius 2 is 1.55 bits per heavy atom. The van der Waals surface area contributed by atoms with Crippen LogP contribution in [0.4, 0.5) is 24.5 Å². The van der Waals surface area contributed by atoms with E-state index in [2.05, 4.69) is 4.72 Å². The first-order valence-electron chi connectivity index (χ1n) is 12.4. The SMILES string of the molecule is CCN(Cc1ccccc1)c1ccc(NS(=O)(=O)c2ccc3c(c2)CCCC3)cc1C(=O)O.O=C(O)C(F)(F)F. The minimum Gasteiger partial charge on any atom is -0.478 e. The molecule has 0 aromatic heterocycles. The zero-order chi connectivity index (χ0) is 29.5. The van der Waals surface area contributed by atoms with Crippen LogP contribution in [0, 0.1) is 0 Å². The Hall–Kier alpha value is -4.06. The molecular weight excluding hydrogens is 549 g/mol. The molecule has 0 spiro atoms. The molecule has 8 nitrogen and oxygen atoms in total. The van der Waals surface area contributed by atoms with Gasteiger partial charge in [-0.05, 0) is 79.6 Å². The number of carboxylic acids is 2. The summed E-state index contributed by atoms with van der Waals surface area (Å²) >= 11 is 0. The van der Waals surface area contributed by atoms with Crippen LogP contribution in [0.5, 0.6) is 0 Å². The van der Waals surface area contributed by atoms with Gasteiger partial charge in [-0.25, -0.2) is 18.0 Å². The molecule has 214 valence electrons. The molecule has 0 fully saturated rings. The first-order valence-corrected chi connectivity index (χ1v) is 13.9. The second-order valence-electron chi connectivity index (χ2n) is 9.08. The molecule has 40 heavy (non-hydrogen) atoms. The number of nitrogens with zero attached hydrogens (tertiary/aromatic N) is 1. The lowest BCUT2D eigenvalue weighted by atomic mass is 9.92. The summed E-state index contributed by atoms with van der Waals surface area (Å²) < 4.78 is 60.3. The van der Waals surface area contributed by atoms with E-state index in [4.69, 9.17) is 9.90 Å². The van der Waals surface area contributed by atoms with Crippen LogP contribution >= 0.6 is 0 Å². The fourth-order valence-electron chi connectivity index (χ4n) is 4.31. The van der Waals surface area contributed by atoms with E-state index < -0.39 is 28.1 Å². The molecule has 0 radical (unpaired) electrons. The van der Waals surface area contributed by atoms with Gasteiger partial charge in [-0.3, -0.25) is 4.72 Å². The first kappa shape index (κ1) is 30.5. The Balaban J connectivity index is 0.000000559. The van der Waals surface area contributed by atoms with Crippen molar-refractivity contribution in [1.29, 1.82) is 0 Å². The summed E-state index contributed by atoms with van der Waals surface area (Å²) in [5, 5.41) is 17.0. The molecule has 1 aliphatic carbocycles. The summed E-state index contributed by atoms with van der Waals surface area (Å²) in [6, 6.07) is 19.7. The highest BCUT2D eigenvalue weighted by Crippen LogP contribution is 2.29. The van der Waals surface area contributed by atoms with Crippen molar-refractivity contribution < 1.29 is 41.4 Å². The highest BCUT2D eigenvalue weighted by molar-refractivity contribution is 7.92. The molecule has 4 rings (SSSR count). The number of aryl methyl sites for hydroxylation is 2. The topological polar surface area (TPSA) is 124 Å². The Morgan fingerprint density at radius 3 is 2.12 bits per heavy atom. The summed E-state index contributed by atoms with van der Waals surface area (Å²) in [4.78, 5) is 23.1. The monoisotopic (exact) mass is 578 g/mol. The summed E-state index contributed by atoms with van der Waals surface area (Å²) in [5.41, 5.74) is 4.17. The molecule has 0 atom stereocenters. The molecule has 0 amide bonds. The quantitative estimate of drug-likeness (QED) is 0.312. The molecule has 0 saturated heterocycles. The van der Waals surface area contributed by atoms with E-state index in [1.165, 1.54) is 11.6 Å². The van der Waals surface area contributed by atoms with Crippen molar-refractivity contribution in [3.05, 3.63) is 89.0 Å². The number of hydrogen-bond donors (Lipinski definition) is 3. The van der Waals surface area contributed by atoms with E-state index in [0.717, 1.165) is 36.8 Å². The highest BCUT2D eigenvalue weighted by atomic mass is 32.2. The van der Waals surface area contributed by atoms with Crippen LogP contribution in [0.1, 0.15) is 46.8 Å². The Kier molecular flexibility index (Phi) is 9.80. The Morgan fingerprint density at radius 1 is 0.925 bits per heavy atom. The van der Waals surface area contributed by atoms with Gasteiger partial charge in [0, 0.05) is 18.8 Å². The fourth-order valence-corrected chi connectivity index (χ4v) is 5.41. The number of benzene rings is 3. The maximum atomic E-state index is 13.0. The maximum Gasteiger partial charge on any atom is 0.490 e. The fraction of sp³-hybridized carbons (Fsp3) is 0.286. The van der Waals surface area contributed by atoms with Crippen LogP contribution in [0.3, 0.4) is 0 Å². The van der Waals surface area contributed by atoms with Gasteiger partial charge >= 0.3 is 18.1 Å². The molecule has 3 aromatic carbocycles. The number of sulfonamides is 1. The third kappa shape index (κ3) is 7.98. The van der Waals surface area contributed by atoms with Gasteiger partial charge in [0.2, 0.25) is 0 Å². The zero-order valence-electron chi connectivity index (χ0n) is 21.6. The minimum absolute atomic E-state index is 0.0541. The van der Waals surface area contributed by atoms with Crippen molar-refractivity contribution in [3.8, 4) is 0 Å². The predicted octanol–water partition coefficient (Wildman–Crippen LogP) is 5.72. The van der Waals surface area contributed by atoms with Crippen LogP contribution in [0.15, 0.2) is 71.6 Å². The Bertz CT molecular complexity index is 1460. The molecule has 1 aliphatic rings. The van der Waals surface area contributed by atoms with Crippen molar-refractivity contribution >= 4 is 33.3 Å². The van der Waals surface area contributed by atoms with Gasteiger partial charge in [0.15, 0.2) is 0 Å². The smallest absolute Gasteiger partial charge is 0.478 e. The van der Waals surface area contributed by atoms with Crippen molar-refractivity contribution in [2.75, 3.05) is 16.2 Å². The van der Waals surface area contributed by atoms with Crippen LogP contribution in [0.25, 0.3) is 0 Å². The number of carbonyl (C=O) groups is 2. The zero-order valence-corrected chi connectivity index (χ0v) is 22.4. The van der Waals surface area contributed by atoms with Gasteiger partial charge in [0.1, 0.15) is 0 Å². The van der Waals surface area contributed by atoms with Gasteiger partial charge in [-0.1, -0.05) is 36.4 Å². The molecule has 0 heterocycles. The number of halogens is 3. The second-order valence-corrected chi connectivity index (χ2v) is 10.8. The minimum atomic E-state index is -5.08. The van der Waals surface area contributed by atoms with Gasteiger partial charge in [0.05, 0.1) is 16.1 Å². The number of nitrogens with one attached hydrogen (secondary N) is 1. The first-order chi connectivity index (χ1) is 18.8. The highest BCUT2D eigenvalue weighted by Gasteiger charge is 2.38. The lowest BCUT2D eigenvalue weighted by molar-refractivity contribution is -0.192. The summed E-state index contributed by atoms with van der Waals surface area (Å²) in [6.07, 6.45) is -1.04. The third-order valence-electron chi connectivity index (χ3n) is 6.29. The third-order valence-corrected chi connectivity index (χ3v) is 7.67. The van der Waals surface area contributed by atoms with Crippen LogP contribution in [0.2, 0.25) is 0 Å². The van der Waals surface area contributed by atoms with Crippen molar-refractivity contribution in [1.82, 2.24) is 0 Å². The average Bonchev–Trinajstić information content (AvgIpc) is 2.91. The summed E-state index contributed by atoms with van der Waals surface area (Å²) in [5.74, 6) is -3.86. The van der Waals surface area contributed by atoms with E-state index in [1.54, 1.807) is 24.3 Å². The van der Waals surface area contributed by atoms with Gasteiger partial charge in [-0.15, -0.1) is 0 Å². The van der Waals surface area contributed by atoms with E-state index in [0.29, 0.717) is 18.8 Å². The molecule has 0 saturated carbocycles. The van der Waals surface area contributed by atoms with Gasteiger partial charge < -0.3 is 15.1 Å². The lowest BCUT2D eigenvalue weighted by Gasteiger charge is -2.25. The molecule has 3 aromatic rings.